The molecule has 3 heteroatoms. The first-order valence-electron chi connectivity index (χ1n) is 7.16. The molecule has 0 aromatic heterocycles. The molecule has 2 N–H and O–H groups in total. The van der Waals surface area contributed by atoms with Gasteiger partial charge in [-0.3, -0.25) is 4.79 Å². The highest BCUT2D eigenvalue weighted by atomic mass is 16.1. The average Bonchev–Trinajstić information content (AvgIpc) is 2.36. The zero-order chi connectivity index (χ0) is 12.7. The van der Waals surface area contributed by atoms with Crippen molar-refractivity contribution >= 4 is 5.91 Å². The van der Waals surface area contributed by atoms with Crippen molar-refractivity contribution in [3.05, 3.63) is 0 Å². The van der Waals surface area contributed by atoms with E-state index in [2.05, 4.69) is 24.5 Å². The maximum Gasteiger partial charge on any atom is 0.234 e. The van der Waals surface area contributed by atoms with Crippen LogP contribution in [0.4, 0.5) is 0 Å². The summed E-state index contributed by atoms with van der Waals surface area (Å²) >= 11 is 0. The minimum Gasteiger partial charge on any atom is -0.353 e. The van der Waals surface area contributed by atoms with Crippen molar-refractivity contribution in [2.24, 2.45) is 5.92 Å². The molecule has 1 fully saturated rings. The first kappa shape index (κ1) is 14.5. The van der Waals surface area contributed by atoms with Crippen LogP contribution in [-0.2, 0) is 4.79 Å². The number of hydrogen-bond donors (Lipinski definition) is 2. The minimum atomic E-state index is 0.127. The lowest BCUT2D eigenvalue weighted by Gasteiger charge is -2.28. The molecule has 17 heavy (non-hydrogen) atoms. The predicted molar refractivity (Wildman–Crippen MR) is 71.9 cm³/mol. The SMILES string of the molecule is CCC(C)NC(=O)CN[C@H](C)C1CCCCC1. The number of nitrogens with one attached hydrogen (secondary N) is 2. The van der Waals surface area contributed by atoms with E-state index in [9.17, 15) is 4.79 Å². The molecule has 0 saturated heterocycles. The lowest BCUT2D eigenvalue weighted by atomic mass is 9.84. The van der Waals surface area contributed by atoms with Crippen molar-refractivity contribution < 1.29 is 4.79 Å². The lowest BCUT2D eigenvalue weighted by molar-refractivity contribution is -0.121. The minimum absolute atomic E-state index is 0.127. The Morgan fingerprint density at radius 2 is 1.88 bits per heavy atom. The van der Waals surface area contributed by atoms with Gasteiger partial charge in [-0.2, -0.15) is 0 Å². The van der Waals surface area contributed by atoms with Crippen molar-refractivity contribution in [3.8, 4) is 0 Å². The largest absolute Gasteiger partial charge is 0.353 e. The number of carbonyl (C=O) groups excluding carboxylic acids is 1. The fourth-order valence-corrected chi connectivity index (χ4v) is 2.48. The highest BCUT2D eigenvalue weighted by Gasteiger charge is 2.20. The fourth-order valence-electron chi connectivity index (χ4n) is 2.48. The zero-order valence-electron chi connectivity index (χ0n) is 11.6. The Morgan fingerprint density at radius 1 is 1.24 bits per heavy atom. The van der Waals surface area contributed by atoms with Crippen LogP contribution in [0.25, 0.3) is 0 Å². The second-order valence-electron chi connectivity index (χ2n) is 5.44. The Kier molecular flexibility index (Phi) is 6.56. The van der Waals surface area contributed by atoms with Crippen LogP contribution in [0.1, 0.15) is 59.3 Å². The molecule has 1 aliphatic carbocycles. The Labute approximate surface area is 106 Å². The third-order valence-corrected chi connectivity index (χ3v) is 3.96. The van der Waals surface area contributed by atoms with Crippen LogP contribution in [-0.4, -0.2) is 24.5 Å². The highest BCUT2D eigenvalue weighted by Crippen LogP contribution is 2.26. The van der Waals surface area contributed by atoms with Gasteiger partial charge >= 0.3 is 0 Å². The molecule has 0 radical (unpaired) electrons. The molecule has 1 aliphatic rings. The highest BCUT2D eigenvalue weighted by molar-refractivity contribution is 5.78. The van der Waals surface area contributed by atoms with Crippen LogP contribution in [0.5, 0.6) is 0 Å². The van der Waals surface area contributed by atoms with E-state index in [4.69, 9.17) is 0 Å². The second-order valence-corrected chi connectivity index (χ2v) is 5.44. The Morgan fingerprint density at radius 3 is 2.47 bits per heavy atom. The number of hydrogen-bond acceptors (Lipinski definition) is 2. The lowest BCUT2D eigenvalue weighted by Crippen LogP contribution is -2.43. The molecule has 0 aliphatic heterocycles. The molecular weight excluding hydrogens is 212 g/mol. The fraction of sp³-hybridized carbons (Fsp3) is 0.929. The molecule has 2 atom stereocenters. The van der Waals surface area contributed by atoms with Crippen LogP contribution in [0.3, 0.4) is 0 Å². The monoisotopic (exact) mass is 240 g/mol. The van der Waals surface area contributed by atoms with E-state index in [-0.39, 0.29) is 11.9 Å². The van der Waals surface area contributed by atoms with E-state index in [1.807, 2.05) is 6.92 Å². The van der Waals surface area contributed by atoms with E-state index < -0.39 is 0 Å². The van der Waals surface area contributed by atoms with Crippen molar-refractivity contribution in [1.29, 1.82) is 0 Å². The molecule has 100 valence electrons. The summed E-state index contributed by atoms with van der Waals surface area (Å²) in [5.74, 6) is 0.891. The molecule has 1 unspecified atom stereocenters. The third kappa shape index (κ3) is 5.53. The molecule has 1 saturated carbocycles. The summed E-state index contributed by atoms with van der Waals surface area (Å²) in [7, 11) is 0. The number of rotatable bonds is 6. The quantitative estimate of drug-likeness (QED) is 0.749. The van der Waals surface area contributed by atoms with Gasteiger partial charge in [0.05, 0.1) is 6.54 Å². The Balaban J connectivity index is 2.17. The summed E-state index contributed by atoms with van der Waals surface area (Å²) in [4.78, 5) is 11.6. The van der Waals surface area contributed by atoms with Gasteiger partial charge in [0, 0.05) is 12.1 Å². The topological polar surface area (TPSA) is 41.1 Å². The summed E-state index contributed by atoms with van der Waals surface area (Å²) in [5.41, 5.74) is 0. The molecule has 3 nitrogen and oxygen atoms in total. The van der Waals surface area contributed by atoms with Gasteiger partial charge in [-0.15, -0.1) is 0 Å². The first-order chi connectivity index (χ1) is 8.13. The molecule has 0 spiro atoms. The van der Waals surface area contributed by atoms with E-state index in [1.54, 1.807) is 0 Å². The van der Waals surface area contributed by atoms with Crippen molar-refractivity contribution in [2.75, 3.05) is 6.54 Å². The van der Waals surface area contributed by atoms with Gasteiger partial charge in [-0.25, -0.2) is 0 Å². The van der Waals surface area contributed by atoms with Gasteiger partial charge in [0.2, 0.25) is 5.91 Å². The van der Waals surface area contributed by atoms with Crippen molar-refractivity contribution in [2.45, 2.75) is 71.4 Å². The summed E-state index contributed by atoms with van der Waals surface area (Å²) in [6.45, 7) is 6.81. The molecule has 0 bridgehead atoms. The standard InChI is InChI=1S/C14H28N2O/c1-4-11(2)16-14(17)10-15-12(3)13-8-6-5-7-9-13/h11-13,15H,4-10H2,1-3H3,(H,16,17)/t11?,12-/m1/s1. The van der Waals surface area contributed by atoms with Crippen molar-refractivity contribution in [3.63, 3.8) is 0 Å². The Bertz CT molecular complexity index is 224. The smallest absolute Gasteiger partial charge is 0.234 e. The van der Waals surface area contributed by atoms with Gasteiger partial charge in [0.25, 0.3) is 0 Å². The summed E-state index contributed by atoms with van der Waals surface area (Å²) in [5, 5.41) is 6.36. The van der Waals surface area contributed by atoms with Crippen LogP contribution in [0.2, 0.25) is 0 Å². The molecular formula is C14H28N2O. The second kappa shape index (κ2) is 7.70. The summed E-state index contributed by atoms with van der Waals surface area (Å²) < 4.78 is 0. The zero-order valence-corrected chi connectivity index (χ0v) is 11.6. The van der Waals surface area contributed by atoms with Crippen LogP contribution in [0, 0.1) is 5.92 Å². The predicted octanol–water partition coefficient (Wildman–Crippen LogP) is 2.46. The van der Waals surface area contributed by atoms with Crippen molar-refractivity contribution in [1.82, 2.24) is 10.6 Å². The average molecular weight is 240 g/mol. The molecule has 0 aromatic carbocycles. The van der Waals surface area contributed by atoms with Crippen LogP contribution >= 0.6 is 0 Å². The Hall–Kier alpha value is -0.570. The molecule has 0 heterocycles. The number of amides is 1. The maximum atomic E-state index is 11.6. The van der Waals surface area contributed by atoms with E-state index in [0.29, 0.717) is 12.6 Å². The molecule has 1 amide bonds. The van der Waals surface area contributed by atoms with Gasteiger partial charge in [0.15, 0.2) is 0 Å². The van der Waals surface area contributed by atoms with Gasteiger partial charge in [-0.1, -0.05) is 26.2 Å². The van der Waals surface area contributed by atoms with Crippen LogP contribution in [0.15, 0.2) is 0 Å². The maximum absolute atomic E-state index is 11.6. The van der Waals surface area contributed by atoms with Gasteiger partial charge in [0.1, 0.15) is 0 Å². The van der Waals surface area contributed by atoms with E-state index in [0.717, 1.165) is 12.3 Å². The number of carbonyl (C=O) groups is 1. The first-order valence-corrected chi connectivity index (χ1v) is 7.16. The molecule has 1 rings (SSSR count). The van der Waals surface area contributed by atoms with E-state index in [1.165, 1.54) is 32.1 Å². The normalized spacial score (nSPS) is 20.9. The summed E-state index contributed by atoms with van der Waals surface area (Å²) in [6, 6.07) is 0.757. The van der Waals surface area contributed by atoms with E-state index >= 15 is 0 Å². The van der Waals surface area contributed by atoms with Crippen LogP contribution < -0.4 is 10.6 Å². The molecule has 0 aromatic rings. The van der Waals surface area contributed by atoms with Gasteiger partial charge < -0.3 is 10.6 Å². The van der Waals surface area contributed by atoms with Gasteiger partial charge in [-0.05, 0) is 39.0 Å². The third-order valence-electron chi connectivity index (χ3n) is 3.96. The summed E-state index contributed by atoms with van der Waals surface area (Å²) in [6.07, 6.45) is 7.73.